The van der Waals surface area contributed by atoms with Gasteiger partial charge in [0, 0.05) is 12.4 Å². The van der Waals surface area contributed by atoms with Crippen LogP contribution in [-0.4, -0.2) is 14.5 Å². The van der Waals surface area contributed by atoms with Gasteiger partial charge in [-0.2, -0.15) is 0 Å². The maximum absolute atomic E-state index is 5.79. The summed E-state index contributed by atoms with van der Waals surface area (Å²) in [6, 6.07) is 1.91. The topological polar surface area (TPSA) is 56.7 Å². The highest BCUT2D eigenvalue weighted by Gasteiger charge is 2.07. The highest BCUT2D eigenvalue weighted by molar-refractivity contribution is 6.32. The number of nitrogens with zero attached hydrogens (tertiary/aromatic N) is 3. The maximum Gasteiger partial charge on any atom is 0.164 e. The molecule has 5 heteroatoms. The zero-order chi connectivity index (χ0) is 10.8. The Labute approximate surface area is 92.0 Å². The minimum atomic E-state index is 0.258. The molecule has 0 aliphatic heterocycles. The Morgan fingerprint density at radius 2 is 2.27 bits per heavy atom. The van der Waals surface area contributed by atoms with E-state index in [1.165, 1.54) is 6.33 Å². The molecule has 0 amide bonds. The predicted molar refractivity (Wildman–Crippen MR) is 60.9 cm³/mol. The number of aromatic nitrogens is 3. The van der Waals surface area contributed by atoms with Crippen molar-refractivity contribution in [2.45, 2.75) is 0 Å². The van der Waals surface area contributed by atoms with E-state index in [-0.39, 0.29) is 5.15 Å². The Kier molecular flexibility index (Phi) is 2.43. The van der Waals surface area contributed by atoms with Crippen LogP contribution >= 0.6 is 11.6 Å². The number of nitrogens with two attached hydrogens (primary N) is 1. The van der Waals surface area contributed by atoms with Gasteiger partial charge in [-0.15, -0.1) is 0 Å². The molecular weight excluding hydrogens is 212 g/mol. The summed E-state index contributed by atoms with van der Waals surface area (Å²) in [6.45, 7) is 3.67. The Morgan fingerprint density at radius 3 is 2.93 bits per heavy atom. The van der Waals surface area contributed by atoms with Gasteiger partial charge in [0.05, 0.1) is 0 Å². The molecule has 15 heavy (non-hydrogen) atoms. The van der Waals surface area contributed by atoms with Crippen molar-refractivity contribution in [3.63, 3.8) is 0 Å². The molecule has 0 spiro atoms. The molecule has 0 saturated carbocycles. The Balaban J connectivity index is 2.53. The van der Waals surface area contributed by atoms with Gasteiger partial charge in [-0.3, -0.25) is 0 Å². The molecular formula is C10H9ClN4. The lowest BCUT2D eigenvalue weighted by Gasteiger charge is -2.05. The standard InChI is InChI=1S/C10H9ClN4/c1-2-7-3-4-15(5-7)10-8(12)9(11)13-6-14-10/h2-6H,1,12H2. The molecule has 2 aromatic heterocycles. The van der Waals surface area contributed by atoms with Gasteiger partial charge in [0.2, 0.25) is 0 Å². The summed E-state index contributed by atoms with van der Waals surface area (Å²) in [4.78, 5) is 7.85. The summed E-state index contributed by atoms with van der Waals surface area (Å²) < 4.78 is 1.78. The fraction of sp³-hybridized carbons (Fsp3) is 0. The minimum Gasteiger partial charge on any atom is -0.393 e. The number of nitrogen functional groups attached to an aromatic ring is 1. The van der Waals surface area contributed by atoms with Crippen molar-refractivity contribution in [3.05, 3.63) is 42.1 Å². The van der Waals surface area contributed by atoms with Crippen molar-refractivity contribution in [2.24, 2.45) is 0 Å². The number of anilines is 1. The average Bonchev–Trinajstić information content (AvgIpc) is 2.70. The molecule has 0 unspecified atom stereocenters. The van der Waals surface area contributed by atoms with Crippen LogP contribution in [-0.2, 0) is 0 Å². The van der Waals surface area contributed by atoms with Crippen LogP contribution < -0.4 is 5.73 Å². The zero-order valence-electron chi connectivity index (χ0n) is 7.89. The Morgan fingerprint density at radius 1 is 1.47 bits per heavy atom. The summed E-state index contributed by atoms with van der Waals surface area (Å²) in [6.07, 6.45) is 6.82. The van der Waals surface area contributed by atoms with Crippen LogP contribution in [0.15, 0.2) is 31.4 Å². The van der Waals surface area contributed by atoms with E-state index in [1.807, 2.05) is 18.5 Å². The molecule has 2 N–H and O–H groups in total. The Hall–Kier alpha value is -1.81. The largest absolute Gasteiger partial charge is 0.393 e. The van der Waals surface area contributed by atoms with Crippen LogP contribution in [0.2, 0.25) is 5.15 Å². The van der Waals surface area contributed by atoms with Crippen LogP contribution in [0, 0.1) is 0 Å². The third-order valence-electron chi connectivity index (χ3n) is 2.01. The van der Waals surface area contributed by atoms with Gasteiger partial charge in [0.15, 0.2) is 11.0 Å². The molecule has 0 aliphatic rings. The molecule has 76 valence electrons. The van der Waals surface area contributed by atoms with E-state index in [4.69, 9.17) is 17.3 Å². The SMILES string of the molecule is C=Cc1ccn(-c2ncnc(Cl)c2N)c1. The first-order valence-corrected chi connectivity index (χ1v) is 4.67. The second-order valence-corrected chi connectivity index (χ2v) is 3.32. The molecule has 2 rings (SSSR count). The highest BCUT2D eigenvalue weighted by Crippen LogP contribution is 2.21. The third-order valence-corrected chi connectivity index (χ3v) is 2.31. The number of halogens is 1. The van der Waals surface area contributed by atoms with Crippen molar-refractivity contribution in [1.29, 1.82) is 0 Å². The van der Waals surface area contributed by atoms with Crippen LogP contribution in [0.1, 0.15) is 5.56 Å². The molecule has 0 bridgehead atoms. The van der Waals surface area contributed by atoms with Crippen LogP contribution in [0.4, 0.5) is 5.69 Å². The van der Waals surface area contributed by atoms with E-state index in [0.717, 1.165) is 5.56 Å². The molecule has 0 fully saturated rings. The van der Waals surface area contributed by atoms with Crippen LogP contribution in [0.25, 0.3) is 11.9 Å². The summed E-state index contributed by atoms with van der Waals surface area (Å²) >= 11 is 5.79. The monoisotopic (exact) mass is 220 g/mol. The lowest BCUT2D eigenvalue weighted by molar-refractivity contribution is 0.987. The smallest absolute Gasteiger partial charge is 0.164 e. The lowest BCUT2D eigenvalue weighted by Crippen LogP contribution is -2.02. The molecule has 0 aliphatic carbocycles. The summed E-state index contributed by atoms with van der Waals surface area (Å²) in [5.74, 6) is 0.572. The van der Waals surface area contributed by atoms with Gasteiger partial charge < -0.3 is 10.3 Å². The van der Waals surface area contributed by atoms with Crippen molar-refractivity contribution in [1.82, 2.24) is 14.5 Å². The van der Waals surface area contributed by atoms with E-state index in [9.17, 15) is 0 Å². The highest BCUT2D eigenvalue weighted by atomic mass is 35.5. The van der Waals surface area contributed by atoms with Crippen molar-refractivity contribution >= 4 is 23.4 Å². The second-order valence-electron chi connectivity index (χ2n) is 2.96. The van der Waals surface area contributed by atoms with Crippen LogP contribution in [0.5, 0.6) is 0 Å². The lowest BCUT2D eigenvalue weighted by atomic mass is 10.3. The van der Waals surface area contributed by atoms with E-state index in [2.05, 4.69) is 16.5 Å². The van der Waals surface area contributed by atoms with E-state index in [1.54, 1.807) is 10.6 Å². The molecule has 0 saturated heterocycles. The Bertz CT molecular complexity index is 504. The fourth-order valence-corrected chi connectivity index (χ4v) is 1.37. The molecule has 0 aromatic carbocycles. The van der Waals surface area contributed by atoms with Crippen molar-refractivity contribution < 1.29 is 0 Å². The molecule has 2 heterocycles. The zero-order valence-corrected chi connectivity index (χ0v) is 8.65. The molecule has 0 radical (unpaired) electrons. The summed E-state index contributed by atoms with van der Waals surface area (Å²) in [7, 11) is 0. The predicted octanol–water partition coefficient (Wildman–Crippen LogP) is 2.15. The third kappa shape index (κ3) is 1.71. The van der Waals surface area contributed by atoms with Crippen LogP contribution in [0.3, 0.4) is 0 Å². The van der Waals surface area contributed by atoms with Gasteiger partial charge in [0.25, 0.3) is 0 Å². The quantitative estimate of drug-likeness (QED) is 0.789. The van der Waals surface area contributed by atoms with Crippen molar-refractivity contribution in [2.75, 3.05) is 5.73 Å². The van der Waals surface area contributed by atoms with Gasteiger partial charge in [-0.25, -0.2) is 9.97 Å². The van der Waals surface area contributed by atoms with Gasteiger partial charge in [-0.05, 0) is 11.6 Å². The average molecular weight is 221 g/mol. The number of hydrogen-bond acceptors (Lipinski definition) is 3. The first-order chi connectivity index (χ1) is 7.22. The maximum atomic E-state index is 5.79. The van der Waals surface area contributed by atoms with E-state index in [0.29, 0.717) is 11.5 Å². The first-order valence-electron chi connectivity index (χ1n) is 4.29. The van der Waals surface area contributed by atoms with Crippen molar-refractivity contribution in [3.8, 4) is 5.82 Å². The molecule has 4 nitrogen and oxygen atoms in total. The summed E-state index contributed by atoms with van der Waals surface area (Å²) in [5, 5.41) is 0.258. The normalized spacial score (nSPS) is 10.2. The summed E-state index contributed by atoms with van der Waals surface area (Å²) in [5.41, 5.74) is 7.12. The van der Waals surface area contributed by atoms with E-state index >= 15 is 0 Å². The first kappa shape index (κ1) is 9.73. The number of rotatable bonds is 2. The fourth-order valence-electron chi connectivity index (χ4n) is 1.24. The molecule has 2 aromatic rings. The van der Waals surface area contributed by atoms with Gasteiger partial charge >= 0.3 is 0 Å². The van der Waals surface area contributed by atoms with E-state index < -0.39 is 0 Å². The van der Waals surface area contributed by atoms with Gasteiger partial charge in [0.1, 0.15) is 12.0 Å². The minimum absolute atomic E-state index is 0.258. The second kappa shape index (κ2) is 3.74. The number of hydrogen-bond donors (Lipinski definition) is 1. The molecule has 0 atom stereocenters. The van der Waals surface area contributed by atoms with Gasteiger partial charge in [-0.1, -0.05) is 24.3 Å².